The number of nitrogens with two attached hydrogens (primary N) is 1. The SMILES string of the molecule is COc1ccc([C@H]2C(C#N)=C(N)SC(=N)[C@H]2C#N)cc1OCc1ccccc1. The molecule has 0 bridgehead atoms. The van der Waals surface area contributed by atoms with E-state index in [1.807, 2.05) is 30.3 Å². The van der Waals surface area contributed by atoms with Crippen LogP contribution in [0.2, 0.25) is 0 Å². The largest absolute Gasteiger partial charge is 0.493 e. The lowest BCUT2D eigenvalue weighted by molar-refractivity contribution is 0.284. The Morgan fingerprint density at radius 1 is 1.14 bits per heavy atom. The number of benzene rings is 2. The Morgan fingerprint density at radius 2 is 1.89 bits per heavy atom. The zero-order chi connectivity index (χ0) is 20.1. The second kappa shape index (κ2) is 8.51. The molecule has 0 saturated carbocycles. The van der Waals surface area contributed by atoms with Crippen LogP contribution in [0.3, 0.4) is 0 Å². The van der Waals surface area contributed by atoms with E-state index in [-0.39, 0.29) is 10.1 Å². The van der Waals surface area contributed by atoms with Crippen molar-refractivity contribution in [2.45, 2.75) is 12.5 Å². The first kappa shape index (κ1) is 19.3. The standard InChI is InChI=1S/C21H18N4O2S/c1-26-17-8-7-14(9-18(17)27-12-13-5-3-2-4-6-13)19-15(10-22)20(24)28-21(25)16(19)11-23/h2-9,15,19,24H,12,25H2,1H3/t15-,19+/m0/s1. The fourth-order valence-electron chi connectivity index (χ4n) is 3.06. The van der Waals surface area contributed by atoms with Crippen molar-refractivity contribution in [3.8, 4) is 23.6 Å². The van der Waals surface area contributed by atoms with E-state index >= 15 is 0 Å². The Balaban J connectivity index is 1.99. The third-order valence-electron chi connectivity index (χ3n) is 4.46. The molecular weight excluding hydrogens is 372 g/mol. The summed E-state index contributed by atoms with van der Waals surface area (Å²) < 4.78 is 11.3. The maximum Gasteiger partial charge on any atom is 0.161 e. The highest BCUT2D eigenvalue weighted by Crippen LogP contribution is 2.44. The molecule has 0 aliphatic carbocycles. The van der Waals surface area contributed by atoms with Crippen LogP contribution in [0.4, 0.5) is 0 Å². The van der Waals surface area contributed by atoms with Crippen LogP contribution in [0, 0.1) is 34.0 Å². The van der Waals surface area contributed by atoms with Crippen LogP contribution in [-0.2, 0) is 6.61 Å². The third kappa shape index (κ3) is 3.80. The minimum atomic E-state index is -0.776. The van der Waals surface area contributed by atoms with E-state index in [0.29, 0.717) is 29.2 Å². The molecule has 3 rings (SSSR count). The van der Waals surface area contributed by atoms with Crippen LogP contribution in [0.25, 0.3) is 0 Å². The van der Waals surface area contributed by atoms with Crippen LogP contribution >= 0.6 is 11.8 Å². The topological polar surface area (TPSA) is 116 Å². The van der Waals surface area contributed by atoms with E-state index < -0.39 is 11.8 Å². The van der Waals surface area contributed by atoms with Gasteiger partial charge in [0, 0.05) is 5.92 Å². The summed E-state index contributed by atoms with van der Waals surface area (Å²) in [7, 11) is 1.55. The van der Waals surface area contributed by atoms with Gasteiger partial charge in [-0.15, -0.1) is 0 Å². The van der Waals surface area contributed by atoms with Crippen molar-refractivity contribution in [2.24, 2.45) is 11.7 Å². The first-order valence-electron chi connectivity index (χ1n) is 8.49. The fraction of sp³-hybridized carbons (Fsp3) is 0.190. The lowest BCUT2D eigenvalue weighted by atomic mass is 9.81. The molecule has 0 fully saturated rings. The summed E-state index contributed by atoms with van der Waals surface area (Å²) in [5.41, 5.74) is 7.95. The molecule has 3 N–H and O–H groups in total. The lowest BCUT2D eigenvalue weighted by Gasteiger charge is -2.28. The van der Waals surface area contributed by atoms with Gasteiger partial charge in [-0.25, -0.2) is 0 Å². The summed E-state index contributed by atoms with van der Waals surface area (Å²) in [5.74, 6) is -0.346. The maximum atomic E-state index is 9.58. The molecule has 0 radical (unpaired) electrons. The molecular formula is C21H18N4O2S. The minimum Gasteiger partial charge on any atom is -0.493 e. The molecule has 1 aliphatic heterocycles. The van der Waals surface area contributed by atoms with E-state index in [2.05, 4.69) is 12.1 Å². The number of ether oxygens (including phenoxy) is 2. The van der Waals surface area contributed by atoms with Crippen molar-refractivity contribution in [1.82, 2.24) is 0 Å². The minimum absolute atomic E-state index is 0.131. The van der Waals surface area contributed by atoms with Gasteiger partial charge < -0.3 is 15.2 Å². The van der Waals surface area contributed by atoms with Gasteiger partial charge in [0.05, 0.1) is 34.9 Å². The number of hydrogen-bond donors (Lipinski definition) is 2. The van der Waals surface area contributed by atoms with Gasteiger partial charge >= 0.3 is 0 Å². The second-order valence-electron chi connectivity index (χ2n) is 6.13. The Labute approximate surface area is 167 Å². The number of allylic oxidation sites excluding steroid dienone is 1. The monoisotopic (exact) mass is 390 g/mol. The number of hydrogen-bond acceptors (Lipinski definition) is 7. The van der Waals surface area contributed by atoms with Crippen LogP contribution in [0.1, 0.15) is 17.0 Å². The summed E-state index contributed by atoms with van der Waals surface area (Å²) in [4.78, 5) is 0. The number of nitrogens with one attached hydrogen (secondary N) is 1. The molecule has 0 spiro atoms. The summed E-state index contributed by atoms with van der Waals surface area (Å²) in [6.07, 6.45) is 0. The van der Waals surface area contributed by atoms with Crippen LogP contribution < -0.4 is 15.2 Å². The van der Waals surface area contributed by atoms with Crippen molar-refractivity contribution < 1.29 is 9.47 Å². The van der Waals surface area contributed by atoms with Gasteiger partial charge in [-0.05, 0) is 23.3 Å². The fourth-order valence-corrected chi connectivity index (χ4v) is 3.90. The van der Waals surface area contributed by atoms with Gasteiger partial charge in [0.15, 0.2) is 11.5 Å². The average molecular weight is 390 g/mol. The van der Waals surface area contributed by atoms with Crippen molar-refractivity contribution in [1.29, 1.82) is 15.9 Å². The number of nitrogens with zero attached hydrogens (tertiary/aromatic N) is 2. The molecule has 140 valence electrons. The zero-order valence-electron chi connectivity index (χ0n) is 15.2. The quantitative estimate of drug-likeness (QED) is 0.799. The molecule has 0 aromatic heterocycles. The molecule has 2 aromatic carbocycles. The number of nitriles is 2. The van der Waals surface area contributed by atoms with Crippen LogP contribution in [0.15, 0.2) is 59.1 Å². The number of thioether (sulfide) groups is 1. The summed E-state index contributed by atoms with van der Waals surface area (Å²) in [6, 6.07) is 19.2. The normalized spacial score (nSPS) is 18.9. The number of rotatable bonds is 5. The van der Waals surface area contributed by atoms with Gasteiger partial charge in [0.25, 0.3) is 0 Å². The summed E-state index contributed by atoms with van der Waals surface area (Å²) in [6.45, 7) is 0.349. The Hall–Kier alpha value is -3.42. The molecule has 1 aliphatic rings. The Morgan fingerprint density at radius 3 is 2.54 bits per heavy atom. The molecule has 6 nitrogen and oxygen atoms in total. The van der Waals surface area contributed by atoms with Crippen LogP contribution in [0.5, 0.6) is 11.5 Å². The average Bonchev–Trinajstić information content (AvgIpc) is 2.72. The van der Waals surface area contributed by atoms with Crippen LogP contribution in [-0.4, -0.2) is 12.2 Å². The highest BCUT2D eigenvalue weighted by Gasteiger charge is 2.37. The summed E-state index contributed by atoms with van der Waals surface area (Å²) >= 11 is 0.964. The molecule has 28 heavy (non-hydrogen) atoms. The van der Waals surface area contributed by atoms with Gasteiger partial charge in [-0.1, -0.05) is 48.2 Å². The molecule has 0 unspecified atom stereocenters. The highest BCUT2D eigenvalue weighted by molar-refractivity contribution is 8.17. The summed E-state index contributed by atoms with van der Waals surface area (Å²) in [5, 5.41) is 27.7. The zero-order valence-corrected chi connectivity index (χ0v) is 16.0. The van der Waals surface area contributed by atoms with Gasteiger partial charge in [-0.3, -0.25) is 5.41 Å². The first-order valence-corrected chi connectivity index (χ1v) is 9.31. The van der Waals surface area contributed by atoms with Crippen molar-refractivity contribution in [3.05, 3.63) is 70.3 Å². The van der Waals surface area contributed by atoms with Crippen molar-refractivity contribution in [3.63, 3.8) is 0 Å². The molecule has 2 atom stereocenters. The molecule has 0 amide bonds. The molecule has 1 heterocycles. The second-order valence-corrected chi connectivity index (χ2v) is 7.21. The van der Waals surface area contributed by atoms with Gasteiger partial charge in [-0.2, -0.15) is 10.5 Å². The van der Waals surface area contributed by atoms with Crippen molar-refractivity contribution in [2.75, 3.05) is 7.11 Å². The number of methoxy groups -OCH3 is 1. The molecule has 0 saturated heterocycles. The first-order chi connectivity index (χ1) is 13.6. The highest BCUT2D eigenvalue weighted by atomic mass is 32.2. The Bertz CT molecular complexity index is 1010. The predicted octanol–water partition coefficient (Wildman–Crippen LogP) is 3.92. The smallest absolute Gasteiger partial charge is 0.161 e. The third-order valence-corrected chi connectivity index (χ3v) is 5.37. The Kier molecular flexibility index (Phi) is 5.88. The van der Waals surface area contributed by atoms with E-state index in [1.165, 1.54) is 0 Å². The predicted molar refractivity (Wildman–Crippen MR) is 108 cm³/mol. The van der Waals surface area contributed by atoms with Gasteiger partial charge in [0.2, 0.25) is 0 Å². The van der Waals surface area contributed by atoms with Gasteiger partial charge in [0.1, 0.15) is 12.5 Å². The molecule has 2 aromatic rings. The molecule has 7 heteroatoms. The van der Waals surface area contributed by atoms with E-state index in [4.69, 9.17) is 20.6 Å². The van der Waals surface area contributed by atoms with Crippen molar-refractivity contribution >= 4 is 16.8 Å². The maximum absolute atomic E-state index is 9.58. The lowest BCUT2D eigenvalue weighted by Crippen LogP contribution is -2.26. The van der Waals surface area contributed by atoms with E-state index in [0.717, 1.165) is 17.3 Å². The van der Waals surface area contributed by atoms with E-state index in [9.17, 15) is 10.5 Å². The van der Waals surface area contributed by atoms with E-state index in [1.54, 1.807) is 25.3 Å².